The van der Waals surface area contributed by atoms with Crippen molar-refractivity contribution in [3.63, 3.8) is 0 Å². The van der Waals surface area contributed by atoms with E-state index in [9.17, 15) is 0 Å². The van der Waals surface area contributed by atoms with Gasteiger partial charge in [-0.3, -0.25) is 4.57 Å². The molecular weight excluding hydrogens is 244 g/mol. The summed E-state index contributed by atoms with van der Waals surface area (Å²) in [4.78, 5) is 4.30. The molecule has 0 N–H and O–H groups in total. The van der Waals surface area contributed by atoms with Crippen molar-refractivity contribution in [2.24, 2.45) is 0 Å². The molecule has 0 amide bonds. The smallest absolute Gasteiger partial charge is 0.166 e. The summed E-state index contributed by atoms with van der Waals surface area (Å²) in [5, 5.41) is 0. The molecule has 0 fully saturated rings. The highest BCUT2D eigenvalue weighted by molar-refractivity contribution is 9.10. The summed E-state index contributed by atoms with van der Waals surface area (Å²) in [6.45, 7) is 0.540. The molecule has 0 spiro atoms. The number of hydrogen-bond acceptors (Lipinski definition) is 2. The molecule has 0 saturated carbocycles. The zero-order chi connectivity index (χ0) is 9.54. The van der Waals surface area contributed by atoms with Crippen LogP contribution in [0.3, 0.4) is 0 Å². The number of imidazole rings is 1. The fourth-order valence-electron chi connectivity index (χ4n) is 1.60. The normalized spacial score (nSPS) is 12.9. The summed E-state index contributed by atoms with van der Waals surface area (Å²) >= 11 is 3.41. The number of nitrogens with zero attached hydrogens (tertiary/aromatic N) is 2. The van der Waals surface area contributed by atoms with Crippen LogP contribution in [0.2, 0.25) is 0 Å². The number of fused-ring (bicyclic) bond motifs is 3. The third kappa shape index (κ3) is 1.07. The van der Waals surface area contributed by atoms with Crippen molar-refractivity contribution >= 4 is 15.9 Å². The van der Waals surface area contributed by atoms with Crippen molar-refractivity contribution in [3.8, 4) is 17.1 Å². The Morgan fingerprint density at radius 2 is 2.36 bits per heavy atom. The third-order valence-corrected chi connectivity index (χ3v) is 2.75. The SMILES string of the molecule is Brc1ccc2c(c1)OCn1ccnc1-2. The molecule has 2 aromatic rings. The molecule has 0 atom stereocenters. The summed E-state index contributed by atoms with van der Waals surface area (Å²) in [5.41, 5.74) is 1.05. The average Bonchev–Trinajstić information content (AvgIpc) is 2.65. The maximum atomic E-state index is 5.58. The lowest BCUT2D eigenvalue weighted by atomic mass is 10.2. The van der Waals surface area contributed by atoms with Gasteiger partial charge in [-0.25, -0.2) is 4.98 Å². The van der Waals surface area contributed by atoms with Gasteiger partial charge < -0.3 is 4.74 Å². The van der Waals surface area contributed by atoms with E-state index >= 15 is 0 Å². The van der Waals surface area contributed by atoms with Crippen molar-refractivity contribution in [2.75, 3.05) is 0 Å². The summed E-state index contributed by atoms with van der Waals surface area (Å²) in [6, 6.07) is 5.97. The van der Waals surface area contributed by atoms with Gasteiger partial charge in [0.2, 0.25) is 0 Å². The van der Waals surface area contributed by atoms with Gasteiger partial charge in [0.1, 0.15) is 11.6 Å². The van der Waals surface area contributed by atoms with Crippen LogP contribution < -0.4 is 4.74 Å². The Hall–Kier alpha value is -1.29. The first-order valence-electron chi connectivity index (χ1n) is 4.28. The van der Waals surface area contributed by atoms with Gasteiger partial charge in [0.05, 0.1) is 5.56 Å². The van der Waals surface area contributed by atoms with Crippen LogP contribution in [0, 0.1) is 0 Å². The zero-order valence-electron chi connectivity index (χ0n) is 7.27. The quantitative estimate of drug-likeness (QED) is 0.719. The first kappa shape index (κ1) is 8.05. The molecular formula is C10H7BrN2O. The molecule has 1 aliphatic heterocycles. The van der Waals surface area contributed by atoms with Gasteiger partial charge in [0, 0.05) is 16.9 Å². The van der Waals surface area contributed by atoms with Crippen molar-refractivity contribution in [1.82, 2.24) is 9.55 Å². The first-order chi connectivity index (χ1) is 6.84. The topological polar surface area (TPSA) is 27.1 Å². The van der Waals surface area contributed by atoms with Crippen molar-refractivity contribution in [2.45, 2.75) is 6.73 Å². The standard InChI is InChI=1S/C10H7BrN2O/c11-7-1-2-8-9(5-7)14-6-13-4-3-12-10(8)13/h1-5H,6H2. The molecule has 1 aromatic carbocycles. The zero-order valence-corrected chi connectivity index (χ0v) is 8.86. The van der Waals surface area contributed by atoms with E-state index in [-0.39, 0.29) is 0 Å². The highest BCUT2D eigenvalue weighted by Gasteiger charge is 2.17. The van der Waals surface area contributed by atoms with Crippen LogP contribution in [0.5, 0.6) is 5.75 Å². The molecule has 14 heavy (non-hydrogen) atoms. The van der Waals surface area contributed by atoms with Gasteiger partial charge >= 0.3 is 0 Å². The van der Waals surface area contributed by atoms with Gasteiger partial charge in [0.25, 0.3) is 0 Å². The minimum Gasteiger partial charge on any atom is -0.472 e. The van der Waals surface area contributed by atoms with Crippen LogP contribution in [0.25, 0.3) is 11.4 Å². The number of rotatable bonds is 0. The van der Waals surface area contributed by atoms with Gasteiger partial charge in [0.15, 0.2) is 6.73 Å². The second-order valence-corrected chi connectivity index (χ2v) is 4.05. The van der Waals surface area contributed by atoms with E-state index in [4.69, 9.17) is 4.74 Å². The highest BCUT2D eigenvalue weighted by atomic mass is 79.9. The maximum Gasteiger partial charge on any atom is 0.166 e. The van der Waals surface area contributed by atoms with Gasteiger partial charge in [-0.15, -0.1) is 0 Å². The van der Waals surface area contributed by atoms with E-state index in [1.807, 2.05) is 29.0 Å². The molecule has 0 saturated heterocycles. The Morgan fingerprint density at radius 3 is 3.29 bits per heavy atom. The third-order valence-electron chi connectivity index (χ3n) is 2.26. The predicted octanol–water partition coefficient (Wildman–Crippen LogP) is 2.66. The minimum atomic E-state index is 0.540. The molecule has 3 nitrogen and oxygen atoms in total. The van der Waals surface area contributed by atoms with Crippen molar-refractivity contribution in [3.05, 3.63) is 35.1 Å². The number of benzene rings is 1. The summed E-state index contributed by atoms with van der Waals surface area (Å²) in [5.74, 6) is 1.86. The summed E-state index contributed by atoms with van der Waals surface area (Å²) in [6.07, 6.45) is 3.70. The number of aromatic nitrogens is 2. The van der Waals surface area contributed by atoms with Gasteiger partial charge in [-0.05, 0) is 18.2 Å². The summed E-state index contributed by atoms with van der Waals surface area (Å²) in [7, 11) is 0. The minimum absolute atomic E-state index is 0.540. The van der Waals surface area contributed by atoms with Gasteiger partial charge in [-0.1, -0.05) is 15.9 Å². The Kier molecular flexibility index (Phi) is 1.64. The molecule has 4 heteroatoms. The van der Waals surface area contributed by atoms with Crippen LogP contribution in [0.4, 0.5) is 0 Å². The number of hydrogen-bond donors (Lipinski definition) is 0. The number of halogens is 1. The van der Waals surface area contributed by atoms with E-state index in [2.05, 4.69) is 20.9 Å². The lowest BCUT2D eigenvalue weighted by Gasteiger charge is -2.18. The van der Waals surface area contributed by atoms with E-state index in [0.29, 0.717) is 6.73 Å². The summed E-state index contributed by atoms with van der Waals surface area (Å²) < 4.78 is 8.59. The largest absolute Gasteiger partial charge is 0.472 e. The van der Waals surface area contributed by atoms with Crippen LogP contribution in [0.15, 0.2) is 35.1 Å². The Morgan fingerprint density at radius 1 is 1.43 bits per heavy atom. The Bertz CT molecular complexity index is 493. The first-order valence-corrected chi connectivity index (χ1v) is 5.08. The molecule has 0 bridgehead atoms. The fraction of sp³-hybridized carbons (Fsp3) is 0.100. The molecule has 2 heterocycles. The molecule has 3 rings (SSSR count). The molecule has 0 aliphatic carbocycles. The van der Waals surface area contributed by atoms with Gasteiger partial charge in [-0.2, -0.15) is 0 Å². The van der Waals surface area contributed by atoms with Crippen molar-refractivity contribution in [1.29, 1.82) is 0 Å². The second kappa shape index (κ2) is 2.85. The molecule has 1 aliphatic rings. The monoisotopic (exact) mass is 250 g/mol. The second-order valence-electron chi connectivity index (χ2n) is 3.13. The van der Waals surface area contributed by atoms with E-state index < -0.39 is 0 Å². The van der Waals surface area contributed by atoms with Crippen LogP contribution in [-0.2, 0) is 6.73 Å². The fourth-order valence-corrected chi connectivity index (χ4v) is 1.94. The molecule has 1 aromatic heterocycles. The highest BCUT2D eigenvalue weighted by Crippen LogP contribution is 2.34. The van der Waals surface area contributed by atoms with E-state index in [1.165, 1.54) is 0 Å². The molecule has 70 valence electrons. The van der Waals surface area contributed by atoms with Crippen LogP contribution in [-0.4, -0.2) is 9.55 Å². The van der Waals surface area contributed by atoms with E-state index in [0.717, 1.165) is 21.6 Å². The van der Waals surface area contributed by atoms with Crippen molar-refractivity contribution < 1.29 is 4.74 Å². The molecule has 0 radical (unpaired) electrons. The average molecular weight is 251 g/mol. The van der Waals surface area contributed by atoms with Crippen LogP contribution >= 0.6 is 15.9 Å². The lowest BCUT2D eigenvalue weighted by molar-refractivity contribution is 0.229. The maximum absolute atomic E-state index is 5.58. The van der Waals surface area contributed by atoms with E-state index in [1.54, 1.807) is 6.20 Å². The number of ether oxygens (including phenoxy) is 1. The Labute approximate surface area is 89.5 Å². The lowest BCUT2D eigenvalue weighted by Crippen LogP contribution is -2.11. The molecule has 0 unspecified atom stereocenters. The van der Waals surface area contributed by atoms with Crippen LogP contribution in [0.1, 0.15) is 0 Å². The Balaban J connectivity index is 2.26. The predicted molar refractivity (Wildman–Crippen MR) is 56.0 cm³/mol.